The van der Waals surface area contributed by atoms with Crippen molar-refractivity contribution in [1.82, 2.24) is 10.4 Å². The fraction of sp³-hybridized carbons (Fsp3) is 0.318. The van der Waals surface area contributed by atoms with Gasteiger partial charge in [-0.3, -0.25) is 10.3 Å². The van der Waals surface area contributed by atoms with Crippen molar-refractivity contribution >= 4 is 17.4 Å². The van der Waals surface area contributed by atoms with Gasteiger partial charge < -0.3 is 10.2 Å². The van der Waals surface area contributed by atoms with Gasteiger partial charge >= 0.3 is 6.03 Å². The Morgan fingerprint density at radius 2 is 1.93 bits per heavy atom. The summed E-state index contributed by atoms with van der Waals surface area (Å²) in [6.45, 7) is 3.44. The second-order valence-electron chi connectivity index (χ2n) is 7.16. The first-order valence-electron chi connectivity index (χ1n) is 9.55. The quantitative estimate of drug-likeness (QED) is 0.860. The van der Waals surface area contributed by atoms with Gasteiger partial charge in [0.15, 0.2) is 0 Å². The zero-order valence-electron chi connectivity index (χ0n) is 15.6. The van der Waals surface area contributed by atoms with E-state index in [-0.39, 0.29) is 11.6 Å². The van der Waals surface area contributed by atoms with E-state index < -0.39 is 0 Å². The third-order valence-corrected chi connectivity index (χ3v) is 5.34. The Morgan fingerprint density at radius 3 is 2.67 bits per heavy atom. The van der Waals surface area contributed by atoms with E-state index >= 15 is 0 Å². The van der Waals surface area contributed by atoms with Gasteiger partial charge in [0.25, 0.3) is 0 Å². The van der Waals surface area contributed by atoms with E-state index in [0.717, 1.165) is 36.2 Å². The Kier molecular flexibility index (Phi) is 4.86. The molecule has 4 rings (SSSR count). The highest BCUT2D eigenvalue weighted by Gasteiger charge is 2.39. The first-order chi connectivity index (χ1) is 13.2. The van der Waals surface area contributed by atoms with Crippen LogP contribution in [0.25, 0.3) is 5.70 Å². The fourth-order valence-electron chi connectivity index (χ4n) is 3.64. The molecule has 2 aromatic rings. The van der Waals surface area contributed by atoms with E-state index in [2.05, 4.69) is 42.0 Å². The number of hydrogen-bond acceptors (Lipinski definition) is 3. The summed E-state index contributed by atoms with van der Waals surface area (Å²) in [6.07, 6.45) is 4.68. The molecule has 27 heavy (non-hydrogen) atoms. The van der Waals surface area contributed by atoms with Crippen LogP contribution in [0.15, 0.2) is 60.7 Å². The second kappa shape index (κ2) is 7.45. The molecule has 0 unspecified atom stereocenters. The molecule has 0 radical (unpaired) electrons. The maximum Gasteiger partial charge on any atom is 0.321 e. The van der Waals surface area contributed by atoms with E-state index in [4.69, 9.17) is 4.84 Å². The summed E-state index contributed by atoms with van der Waals surface area (Å²) in [4.78, 5) is 20.4. The molecule has 1 spiro atoms. The topological polar surface area (TPSA) is 53.6 Å². The predicted octanol–water partition coefficient (Wildman–Crippen LogP) is 4.19. The van der Waals surface area contributed by atoms with Crippen LogP contribution in [0, 0.1) is 0 Å². The zero-order valence-corrected chi connectivity index (χ0v) is 15.6. The predicted molar refractivity (Wildman–Crippen MR) is 107 cm³/mol. The lowest BCUT2D eigenvalue weighted by Gasteiger charge is -2.36. The van der Waals surface area contributed by atoms with Crippen LogP contribution in [0.2, 0.25) is 0 Å². The number of hydrogen-bond donors (Lipinski definition) is 2. The molecule has 140 valence electrons. The van der Waals surface area contributed by atoms with Crippen molar-refractivity contribution in [2.45, 2.75) is 31.8 Å². The summed E-state index contributed by atoms with van der Waals surface area (Å²) in [7, 11) is 0. The van der Waals surface area contributed by atoms with Gasteiger partial charge in [0.2, 0.25) is 0 Å². The molecule has 2 aromatic carbocycles. The Balaban J connectivity index is 1.37. The van der Waals surface area contributed by atoms with Gasteiger partial charge in [-0.1, -0.05) is 49.4 Å². The van der Waals surface area contributed by atoms with E-state index in [1.165, 1.54) is 5.56 Å². The van der Waals surface area contributed by atoms with Crippen LogP contribution in [0.1, 0.15) is 30.9 Å². The number of hydroxylamine groups is 1. The number of aryl methyl sites for hydroxylation is 1. The van der Waals surface area contributed by atoms with Gasteiger partial charge in [0.05, 0.1) is 5.70 Å². The molecule has 5 heteroatoms. The van der Waals surface area contributed by atoms with Crippen molar-refractivity contribution in [2.24, 2.45) is 0 Å². The first kappa shape index (κ1) is 17.6. The van der Waals surface area contributed by atoms with Crippen molar-refractivity contribution in [3.8, 4) is 0 Å². The SMILES string of the molecule is CCc1cccc(NC(=O)N2CCC3(C=C(c4ccccc4)NO3)CC2)c1. The number of anilines is 1. The minimum atomic E-state index is -0.329. The minimum Gasteiger partial charge on any atom is -0.324 e. The first-order valence-corrected chi connectivity index (χ1v) is 9.55. The van der Waals surface area contributed by atoms with Crippen LogP contribution < -0.4 is 10.8 Å². The average molecular weight is 363 g/mol. The fourth-order valence-corrected chi connectivity index (χ4v) is 3.64. The van der Waals surface area contributed by atoms with Crippen LogP contribution in [0.3, 0.4) is 0 Å². The van der Waals surface area contributed by atoms with Crippen LogP contribution in [0.4, 0.5) is 10.5 Å². The number of piperidine rings is 1. The maximum absolute atomic E-state index is 12.6. The normalized spacial score (nSPS) is 18.1. The molecule has 2 amide bonds. The monoisotopic (exact) mass is 363 g/mol. The molecule has 5 nitrogen and oxygen atoms in total. The van der Waals surface area contributed by atoms with E-state index in [1.807, 2.05) is 41.3 Å². The maximum atomic E-state index is 12.6. The van der Waals surface area contributed by atoms with Crippen molar-refractivity contribution in [3.63, 3.8) is 0 Å². The summed E-state index contributed by atoms with van der Waals surface area (Å²) >= 11 is 0. The molecule has 0 saturated carbocycles. The molecule has 0 aromatic heterocycles. The number of amides is 2. The van der Waals surface area contributed by atoms with Crippen LogP contribution in [-0.4, -0.2) is 29.6 Å². The summed E-state index contributed by atoms with van der Waals surface area (Å²) in [5.41, 5.74) is 6.93. The highest BCUT2D eigenvalue weighted by molar-refractivity contribution is 5.89. The van der Waals surface area contributed by atoms with Crippen molar-refractivity contribution in [2.75, 3.05) is 18.4 Å². The van der Waals surface area contributed by atoms with E-state index in [0.29, 0.717) is 13.1 Å². The second-order valence-corrected chi connectivity index (χ2v) is 7.16. The molecule has 2 N–H and O–H groups in total. The number of carbonyl (C=O) groups is 1. The number of nitrogens with one attached hydrogen (secondary N) is 2. The van der Waals surface area contributed by atoms with Crippen molar-refractivity contribution in [1.29, 1.82) is 0 Å². The third-order valence-electron chi connectivity index (χ3n) is 5.34. The van der Waals surface area contributed by atoms with Gasteiger partial charge in [-0.25, -0.2) is 4.79 Å². The number of rotatable bonds is 3. The Bertz CT molecular complexity index is 840. The molecule has 2 heterocycles. The molecule has 2 aliphatic heterocycles. The van der Waals surface area contributed by atoms with E-state index in [9.17, 15) is 4.79 Å². The smallest absolute Gasteiger partial charge is 0.321 e. The van der Waals surface area contributed by atoms with Gasteiger partial charge in [-0.15, -0.1) is 0 Å². The van der Waals surface area contributed by atoms with Crippen LogP contribution in [0.5, 0.6) is 0 Å². The molecule has 1 saturated heterocycles. The highest BCUT2D eigenvalue weighted by Crippen LogP contribution is 2.34. The summed E-state index contributed by atoms with van der Waals surface area (Å²) in [6, 6.07) is 18.1. The lowest BCUT2D eigenvalue weighted by molar-refractivity contribution is -0.0634. The summed E-state index contributed by atoms with van der Waals surface area (Å²) < 4.78 is 0. The summed E-state index contributed by atoms with van der Waals surface area (Å²) in [5, 5.41) is 3.02. The lowest BCUT2D eigenvalue weighted by Crippen LogP contribution is -2.48. The van der Waals surface area contributed by atoms with Gasteiger partial charge in [0, 0.05) is 31.6 Å². The highest BCUT2D eigenvalue weighted by atomic mass is 16.7. The number of urea groups is 1. The molecule has 0 atom stereocenters. The molecule has 0 aliphatic carbocycles. The minimum absolute atomic E-state index is 0.0451. The number of likely N-dealkylation sites (tertiary alicyclic amines) is 1. The largest absolute Gasteiger partial charge is 0.324 e. The molecular formula is C22H25N3O2. The van der Waals surface area contributed by atoms with Gasteiger partial charge in [-0.2, -0.15) is 0 Å². The number of carbonyl (C=O) groups excluding carboxylic acids is 1. The van der Waals surface area contributed by atoms with Crippen LogP contribution >= 0.6 is 0 Å². The van der Waals surface area contributed by atoms with Crippen molar-refractivity contribution < 1.29 is 9.63 Å². The zero-order chi connectivity index (χ0) is 18.7. The third kappa shape index (κ3) is 3.83. The lowest BCUT2D eigenvalue weighted by atomic mass is 9.90. The molecular weight excluding hydrogens is 338 g/mol. The molecule has 1 fully saturated rings. The Labute approximate surface area is 160 Å². The van der Waals surface area contributed by atoms with Crippen LogP contribution in [-0.2, 0) is 11.3 Å². The Hall–Kier alpha value is -2.79. The van der Waals surface area contributed by atoms with Gasteiger partial charge in [0.1, 0.15) is 5.60 Å². The Morgan fingerprint density at radius 1 is 1.15 bits per heavy atom. The van der Waals surface area contributed by atoms with Crippen molar-refractivity contribution in [3.05, 3.63) is 71.8 Å². The van der Waals surface area contributed by atoms with E-state index in [1.54, 1.807) is 0 Å². The number of benzene rings is 2. The molecule has 2 aliphatic rings. The molecule has 0 bridgehead atoms. The standard InChI is InChI=1S/C22H25N3O2/c1-2-17-7-6-10-19(15-17)23-21(26)25-13-11-22(12-14-25)16-20(24-27-22)18-8-4-3-5-9-18/h3-10,15-16,24H,2,11-14H2,1H3,(H,23,26). The van der Waals surface area contributed by atoms with Gasteiger partial charge in [-0.05, 0) is 35.8 Å². The number of nitrogens with zero attached hydrogens (tertiary/aromatic N) is 1. The summed E-state index contributed by atoms with van der Waals surface area (Å²) in [5.74, 6) is 0. The average Bonchev–Trinajstić information content (AvgIpc) is 3.13.